The number of nitrogens with zero attached hydrogens (tertiary/aromatic N) is 2. The van der Waals surface area contributed by atoms with E-state index in [1.165, 1.54) is 18.2 Å². The van der Waals surface area contributed by atoms with E-state index in [2.05, 4.69) is 20.0 Å². The van der Waals surface area contributed by atoms with Crippen LogP contribution in [0.1, 0.15) is 15.9 Å². The standard InChI is InChI=1S/C22H18N4O5S/c1-13-6-9-15(10-7-13)32(30,31)26-21-20(24-17-4-2-3-5-18(17)25-21)23-14-8-11-19(27)16(12-14)22(28)29/h2-12,27H,1H3,(H,23,24)(H,25,26)(H,28,29)/p-1. The zero-order valence-electron chi connectivity index (χ0n) is 16.7. The van der Waals surface area contributed by atoms with Crippen molar-refractivity contribution in [3.05, 3.63) is 77.9 Å². The molecule has 4 aromatic rings. The van der Waals surface area contributed by atoms with Crippen LogP contribution in [0.3, 0.4) is 0 Å². The van der Waals surface area contributed by atoms with Gasteiger partial charge in [0.2, 0.25) is 0 Å². The number of para-hydroxylation sites is 2. The number of aromatic carboxylic acids is 1. The number of carboxylic acids is 1. The first-order chi connectivity index (χ1) is 15.2. The number of rotatable bonds is 6. The van der Waals surface area contributed by atoms with Gasteiger partial charge in [-0.1, -0.05) is 41.6 Å². The Hall–Kier alpha value is -4.18. The Bertz CT molecular complexity index is 1440. The van der Waals surface area contributed by atoms with Gasteiger partial charge in [0.05, 0.1) is 21.5 Å². The first kappa shape index (κ1) is 21.1. The lowest BCUT2D eigenvalue weighted by Crippen LogP contribution is -2.16. The van der Waals surface area contributed by atoms with E-state index in [-0.39, 0.29) is 22.2 Å². The van der Waals surface area contributed by atoms with Gasteiger partial charge in [-0.3, -0.25) is 4.72 Å². The lowest BCUT2D eigenvalue weighted by molar-refractivity contribution is -0.268. The topological polar surface area (TPSA) is 144 Å². The van der Waals surface area contributed by atoms with E-state index in [4.69, 9.17) is 0 Å². The fraction of sp³-hybridized carbons (Fsp3) is 0.0455. The number of aromatic nitrogens is 2. The van der Waals surface area contributed by atoms with Gasteiger partial charge >= 0.3 is 5.97 Å². The zero-order chi connectivity index (χ0) is 22.9. The molecule has 0 amide bonds. The summed E-state index contributed by atoms with van der Waals surface area (Å²) >= 11 is 0. The number of aryl methyl sites for hydroxylation is 1. The average Bonchev–Trinajstić information content (AvgIpc) is 2.75. The lowest BCUT2D eigenvalue weighted by Gasteiger charge is -2.16. The summed E-state index contributed by atoms with van der Waals surface area (Å²) in [6.07, 6.45) is 0. The molecule has 3 N–H and O–H groups in total. The number of hydrogen-bond acceptors (Lipinski definition) is 7. The first-order valence-corrected chi connectivity index (χ1v) is 10.9. The normalized spacial score (nSPS) is 11.3. The maximum absolute atomic E-state index is 12.9. The Morgan fingerprint density at radius 3 is 2.19 bits per heavy atom. The van der Waals surface area contributed by atoms with Gasteiger partial charge in [-0.2, -0.15) is 0 Å². The van der Waals surface area contributed by atoms with Gasteiger partial charge in [0.15, 0.2) is 11.6 Å². The molecule has 0 aliphatic heterocycles. The quantitative estimate of drug-likeness (QED) is 0.407. The monoisotopic (exact) mass is 449 g/mol. The fourth-order valence-corrected chi connectivity index (χ4v) is 3.98. The van der Waals surface area contributed by atoms with Crippen molar-refractivity contribution < 1.29 is 23.4 Å². The van der Waals surface area contributed by atoms with E-state index in [0.717, 1.165) is 17.7 Å². The van der Waals surface area contributed by atoms with Crippen molar-refractivity contribution >= 4 is 44.3 Å². The second-order valence-corrected chi connectivity index (χ2v) is 8.65. The summed E-state index contributed by atoms with van der Waals surface area (Å²) in [5, 5.41) is 23.8. The van der Waals surface area contributed by atoms with Crippen LogP contribution in [0, 0.1) is 6.92 Å². The SMILES string of the molecule is Cc1ccc(S(=O)(=O)Nc2nc3ccccc3nc2Nc2ccc([O-])c(C(=O)O)c2)cc1. The summed E-state index contributed by atoms with van der Waals surface area (Å²) in [4.78, 5) is 20.2. The van der Waals surface area contributed by atoms with Crippen molar-refractivity contribution in [1.29, 1.82) is 0 Å². The molecule has 0 bridgehead atoms. The van der Waals surface area contributed by atoms with Crippen LogP contribution in [0.5, 0.6) is 5.75 Å². The Balaban J connectivity index is 1.78. The molecule has 10 heteroatoms. The number of hydrogen-bond donors (Lipinski definition) is 3. The van der Waals surface area contributed by atoms with E-state index < -0.39 is 27.3 Å². The Morgan fingerprint density at radius 2 is 1.56 bits per heavy atom. The van der Waals surface area contributed by atoms with E-state index in [1.54, 1.807) is 36.4 Å². The molecule has 0 atom stereocenters. The highest BCUT2D eigenvalue weighted by molar-refractivity contribution is 7.92. The van der Waals surface area contributed by atoms with Crippen molar-refractivity contribution in [2.24, 2.45) is 0 Å². The van der Waals surface area contributed by atoms with Crippen LogP contribution < -0.4 is 15.1 Å². The number of sulfonamides is 1. The number of fused-ring (bicyclic) bond motifs is 1. The second-order valence-electron chi connectivity index (χ2n) is 6.97. The number of nitrogens with one attached hydrogen (secondary N) is 2. The second kappa shape index (κ2) is 8.16. The van der Waals surface area contributed by atoms with Gasteiger partial charge < -0.3 is 15.5 Å². The molecular weight excluding hydrogens is 432 g/mol. The maximum Gasteiger partial charge on any atom is 0.335 e. The minimum Gasteiger partial charge on any atom is -0.872 e. The van der Waals surface area contributed by atoms with Crippen molar-refractivity contribution in [2.75, 3.05) is 10.0 Å². The van der Waals surface area contributed by atoms with E-state index in [1.807, 2.05) is 6.92 Å². The van der Waals surface area contributed by atoms with Gasteiger partial charge in [0.25, 0.3) is 10.0 Å². The zero-order valence-corrected chi connectivity index (χ0v) is 17.6. The van der Waals surface area contributed by atoms with Crippen molar-refractivity contribution in [2.45, 2.75) is 11.8 Å². The summed E-state index contributed by atoms with van der Waals surface area (Å²) in [5.74, 6) is -2.04. The smallest absolute Gasteiger partial charge is 0.335 e. The summed E-state index contributed by atoms with van der Waals surface area (Å²) in [6, 6.07) is 16.8. The first-order valence-electron chi connectivity index (χ1n) is 9.40. The van der Waals surface area contributed by atoms with Crippen LogP contribution in [0.15, 0.2) is 71.6 Å². The number of carbonyl (C=O) groups is 1. The molecule has 0 radical (unpaired) electrons. The van der Waals surface area contributed by atoms with E-state index in [0.29, 0.717) is 11.0 Å². The highest BCUT2D eigenvalue weighted by Crippen LogP contribution is 2.28. The summed E-state index contributed by atoms with van der Waals surface area (Å²) in [6.45, 7) is 1.85. The van der Waals surface area contributed by atoms with Crippen LogP contribution in [0.25, 0.3) is 11.0 Å². The molecule has 1 heterocycles. The summed E-state index contributed by atoms with van der Waals surface area (Å²) in [7, 11) is -3.98. The molecule has 4 rings (SSSR count). The van der Waals surface area contributed by atoms with Crippen molar-refractivity contribution in [3.63, 3.8) is 0 Å². The minimum atomic E-state index is -3.98. The summed E-state index contributed by atoms with van der Waals surface area (Å²) < 4.78 is 28.3. The van der Waals surface area contributed by atoms with Crippen LogP contribution in [-0.4, -0.2) is 29.5 Å². The van der Waals surface area contributed by atoms with Gasteiger partial charge in [-0.25, -0.2) is 23.2 Å². The van der Waals surface area contributed by atoms with Crippen LogP contribution in [0.4, 0.5) is 17.3 Å². The third-order valence-corrected chi connectivity index (χ3v) is 5.96. The van der Waals surface area contributed by atoms with Crippen LogP contribution >= 0.6 is 0 Å². The molecule has 0 aliphatic carbocycles. The minimum absolute atomic E-state index is 0.0490. The third kappa shape index (κ3) is 4.30. The lowest BCUT2D eigenvalue weighted by atomic mass is 10.2. The molecule has 0 fully saturated rings. The molecule has 1 aromatic heterocycles. The molecule has 9 nitrogen and oxygen atoms in total. The van der Waals surface area contributed by atoms with Gasteiger partial charge in [-0.15, -0.1) is 0 Å². The number of carboxylic acid groups (broad SMARTS) is 1. The molecular formula is C22H17N4O5S-. The van der Waals surface area contributed by atoms with Crippen molar-refractivity contribution in [1.82, 2.24) is 9.97 Å². The third-order valence-electron chi connectivity index (χ3n) is 4.61. The highest BCUT2D eigenvalue weighted by Gasteiger charge is 2.19. The van der Waals surface area contributed by atoms with Crippen molar-refractivity contribution in [3.8, 4) is 5.75 Å². The Kier molecular flexibility index (Phi) is 5.37. The largest absolute Gasteiger partial charge is 0.872 e. The number of anilines is 3. The Labute approximate surface area is 183 Å². The predicted octanol–water partition coefficient (Wildman–Crippen LogP) is 3.25. The van der Waals surface area contributed by atoms with E-state index in [9.17, 15) is 23.4 Å². The predicted molar refractivity (Wildman–Crippen MR) is 118 cm³/mol. The van der Waals surface area contributed by atoms with Crippen LogP contribution in [0.2, 0.25) is 0 Å². The Morgan fingerprint density at radius 1 is 0.938 bits per heavy atom. The van der Waals surface area contributed by atoms with E-state index >= 15 is 0 Å². The molecule has 0 saturated carbocycles. The average molecular weight is 449 g/mol. The maximum atomic E-state index is 12.9. The molecule has 0 spiro atoms. The van der Waals surface area contributed by atoms with Gasteiger partial charge in [0, 0.05) is 5.69 Å². The van der Waals surface area contributed by atoms with Gasteiger partial charge in [0.1, 0.15) is 0 Å². The molecule has 162 valence electrons. The molecule has 3 aromatic carbocycles. The molecule has 0 aliphatic rings. The molecule has 0 saturated heterocycles. The summed E-state index contributed by atoms with van der Waals surface area (Å²) in [5.41, 5.74) is 1.67. The fourth-order valence-electron chi connectivity index (χ4n) is 2.97. The van der Waals surface area contributed by atoms with Crippen LogP contribution in [-0.2, 0) is 10.0 Å². The van der Waals surface area contributed by atoms with Gasteiger partial charge in [-0.05, 0) is 43.3 Å². The number of benzene rings is 3. The molecule has 0 unspecified atom stereocenters. The highest BCUT2D eigenvalue weighted by atomic mass is 32.2. The molecule has 32 heavy (non-hydrogen) atoms.